The van der Waals surface area contributed by atoms with Gasteiger partial charge in [-0.1, -0.05) is 23.7 Å². The number of anilines is 1. The number of aliphatic hydroxyl groups is 1. The maximum atomic E-state index is 9.48. The van der Waals surface area contributed by atoms with Gasteiger partial charge in [0.05, 0.1) is 30.5 Å². The van der Waals surface area contributed by atoms with Crippen LogP contribution >= 0.6 is 11.6 Å². The number of ether oxygens (including phenoxy) is 2. The number of halogens is 1. The van der Waals surface area contributed by atoms with Crippen molar-refractivity contribution < 1.29 is 14.6 Å². The summed E-state index contributed by atoms with van der Waals surface area (Å²) < 4.78 is 10.4. The number of hydrogen-bond acceptors (Lipinski definition) is 4. The fourth-order valence-electron chi connectivity index (χ4n) is 2.08. The van der Waals surface area contributed by atoms with E-state index in [9.17, 15) is 5.11 Å². The van der Waals surface area contributed by atoms with Gasteiger partial charge in [0.15, 0.2) is 0 Å². The summed E-state index contributed by atoms with van der Waals surface area (Å²) in [4.78, 5) is 2.11. The Morgan fingerprint density at radius 2 is 2.05 bits per heavy atom. The molecule has 5 heteroatoms. The van der Waals surface area contributed by atoms with Crippen LogP contribution in [-0.4, -0.2) is 45.1 Å². The van der Waals surface area contributed by atoms with Crippen molar-refractivity contribution in [3.05, 3.63) is 28.8 Å². The van der Waals surface area contributed by atoms with Crippen LogP contribution in [0.4, 0.5) is 5.69 Å². The number of nitrogens with zero attached hydrogens (tertiary/aromatic N) is 1. The van der Waals surface area contributed by atoms with Crippen molar-refractivity contribution in [3.8, 4) is 0 Å². The van der Waals surface area contributed by atoms with Gasteiger partial charge >= 0.3 is 0 Å². The quantitative estimate of drug-likeness (QED) is 0.797. The predicted molar refractivity (Wildman–Crippen MR) is 77.9 cm³/mol. The molecule has 0 heterocycles. The molecule has 19 heavy (non-hydrogen) atoms. The fourth-order valence-corrected chi connectivity index (χ4v) is 2.39. The zero-order valence-electron chi connectivity index (χ0n) is 11.7. The summed E-state index contributed by atoms with van der Waals surface area (Å²) in [5.74, 6) is 0. The average molecular weight is 288 g/mol. The van der Waals surface area contributed by atoms with Crippen molar-refractivity contribution in [2.75, 3.05) is 38.9 Å². The number of rotatable bonds is 8. The highest BCUT2D eigenvalue weighted by Crippen LogP contribution is 2.31. The fraction of sp³-hybridized carbons (Fsp3) is 0.571. The van der Waals surface area contributed by atoms with E-state index in [-0.39, 0.29) is 12.6 Å². The van der Waals surface area contributed by atoms with Gasteiger partial charge < -0.3 is 19.5 Å². The summed E-state index contributed by atoms with van der Waals surface area (Å²) in [5, 5.41) is 10.1. The molecule has 0 saturated carbocycles. The minimum Gasteiger partial charge on any atom is -0.392 e. The van der Waals surface area contributed by atoms with Crippen LogP contribution in [0.15, 0.2) is 18.2 Å². The first kappa shape index (κ1) is 16.2. The van der Waals surface area contributed by atoms with E-state index in [2.05, 4.69) is 11.8 Å². The minimum atomic E-state index is -0.0426. The van der Waals surface area contributed by atoms with Crippen molar-refractivity contribution >= 4 is 17.3 Å². The SMILES string of the molecule is COCCN(c1c(Cl)cccc1CO)C(C)COC. The lowest BCUT2D eigenvalue weighted by Crippen LogP contribution is -2.39. The number of methoxy groups -OCH3 is 2. The Morgan fingerprint density at radius 1 is 1.32 bits per heavy atom. The van der Waals surface area contributed by atoms with Crippen LogP contribution in [0.3, 0.4) is 0 Å². The molecule has 0 bridgehead atoms. The molecule has 0 amide bonds. The molecule has 0 aliphatic carbocycles. The second-order valence-corrected chi connectivity index (χ2v) is 4.80. The van der Waals surface area contributed by atoms with Crippen molar-refractivity contribution in [1.29, 1.82) is 0 Å². The van der Waals surface area contributed by atoms with Gasteiger partial charge in [0.25, 0.3) is 0 Å². The van der Waals surface area contributed by atoms with E-state index in [0.29, 0.717) is 24.8 Å². The van der Waals surface area contributed by atoms with Gasteiger partial charge in [0.1, 0.15) is 0 Å². The van der Waals surface area contributed by atoms with Crippen molar-refractivity contribution in [3.63, 3.8) is 0 Å². The Morgan fingerprint density at radius 3 is 2.63 bits per heavy atom. The average Bonchev–Trinajstić information content (AvgIpc) is 2.40. The molecule has 0 aromatic heterocycles. The van der Waals surface area contributed by atoms with Crippen molar-refractivity contribution in [2.24, 2.45) is 0 Å². The number of aliphatic hydroxyl groups excluding tert-OH is 1. The molecule has 0 radical (unpaired) electrons. The van der Waals surface area contributed by atoms with Crippen LogP contribution in [0.25, 0.3) is 0 Å². The third-order valence-corrected chi connectivity index (χ3v) is 3.31. The second kappa shape index (κ2) is 8.38. The van der Waals surface area contributed by atoms with E-state index in [1.165, 1.54) is 0 Å². The van der Waals surface area contributed by atoms with Gasteiger partial charge in [-0.05, 0) is 13.0 Å². The van der Waals surface area contributed by atoms with Gasteiger partial charge in [-0.2, -0.15) is 0 Å². The first-order chi connectivity index (χ1) is 9.15. The Kier molecular flexibility index (Phi) is 7.16. The lowest BCUT2D eigenvalue weighted by atomic mass is 10.1. The normalized spacial score (nSPS) is 12.5. The number of benzene rings is 1. The largest absolute Gasteiger partial charge is 0.392 e. The molecule has 1 N–H and O–H groups in total. The highest BCUT2D eigenvalue weighted by atomic mass is 35.5. The van der Waals surface area contributed by atoms with E-state index >= 15 is 0 Å². The van der Waals surface area contributed by atoms with E-state index in [1.807, 2.05) is 18.2 Å². The van der Waals surface area contributed by atoms with Crippen LogP contribution in [0.1, 0.15) is 12.5 Å². The standard InChI is InChI=1S/C14H22ClNO3/c1-11(10-19-3)16(7-8-18-2)14-12(9-17)5-4-6-13(14)15/h4-6,11,17H,7-10H2,1-3H3. The summed E-state index contributed by atoms with van der Waals surface area (Å²) in [6.07, 6.45) is 0. The number of para-hydroxylation sites is 1. The summed E-state index contributed by atoms with van der Waals surface area (Å²) in [6, 6.07) is 5.69. The highest BCUT2D eigenvalue weighted by Gasteiger charge is 2.19. The Hall–Kier alpha value is -0.810. The van der Waals surface area contributed by atoms with Gasteiger partial charge in [-0.25, -0.2) is 0 Å². The molecular formula is C14H22ClNO3. The molecule has 0 fully saturated rings. The summed E-state index contributed by atoms with van der Waals surface area (Å²) in [6.45, 7) is 3.88. The molecule has 0 aliphatic rings. The van der Waals surface area contributed by atoms with E-state index in [4.69, 9.17) is 21.1 Å². The van der Waals surface area contributed by atoms with Crippen LogP contribution in [-0.2, 0) is 16.1 Å². The monoisotopic (exact) mass is 287 g/mol. The Bertz CT molecular complexity index is 387. The molecule has 4 nitrogen and oxygen atoms in total. The van der Waals surface area contributed by atoms with E-state index < -0.39 is 0 Å². The van der Waals surface area contributed by atoms with Crippen LogP contribution < -0.4 is 4.90 Å². The molecule has 1 atom stereocenters. The first-order valence-corrected chi connectivity index (χ1v) is 6.66. The van der Waals surface area contributed by atoms with Crippen LogP contribution in [0.2, 0.25) is 5.02 Å². The summed E-state index contributed by atoms with van der Waals surface area (Å²) in [5.41, 5.74) is 1.67. The molecule has 1 unspecified atom stereocenters. The van der Waals surface area contributed by atoms with E-state index in [1.54, 1.807) is 14.2 Å². The number of hydrogen-bond donors (Lipinski definition) is 1. The molecule has 0 saturated heterocycles. The molecule has 0 aliphatic heterocycles. The third kappa shape index (κ3) is 4.35. The van der Waals surface area contributed by atoms with Crippen molar-refractivity contribution in [1.82, 2.24) is 0 Å². The Labute approximate surface area is 119 Å². The summed E-state index contributed by atoms with van der Waals surface area (Å²) in [7, 11) is 3.34. The smallest absolute Gasteiger partial charge is 0.0702 e. The van der Waals surface area contributed by atoms with Gasteiger partial charge in [0, 0.05) is 32.4 Å². The summed E-state index contributed by atoms with van der Waals surface area (Å²) >= 11 is 6.29. The maximum Gasteiger partial charge on any atom is 0.0702 e. The minimum absolute atomic E-state index is 0.0426. The zero-order valence-corrected chi connectivity index (χ0v) is 12.5. The highest BCUT2D eigenvalue weighted by molar-refractivity contribution is 6.33. The second-order valence-electron chi connectivity index (χ2n) is 4.40. The molecule has 1 aromatic carbocycles. The first-order valence-electron chi connectivity index (χ1n) is 6.28. The van der Waals surface area contributed by atoms with Crippen molar-refractivity contribution in [2.45, 2.75) is 19.6 Å². The molecular weight excluding hydrogens is 266 g/mol. The molecule has 1 aromatic rings. The third-order valence-electron chi connectivity index (χ3n) is 3.00. The maximum absolute atomic E-state index is 9.48. The topological polar surface area (TPSA) is 41.9 Å². The molecule has 108 valence electrons. The lowest BCUT2D eigenvalue weighted by molar-refractivity contribution is 0.170. The Balaban J connectivity index is 3.08. The lowest BCUT2D eigenvalue weighted by Gasteiger charge is -2.33. The van der Waals surface area contributed by atoms with Gasteiger partial charge in [0.2, 0.25) is 0 Å². The zero-order chi connectivity index (χ0) is 14.3. The predicted octanol–water partition coefficient (Wildman–Crippen LogP) is 2.32. The molecule has 1 rings (SSSR count). The van der Waals surface area contributed by atoms with Gasteiger partial charge in [-0.15, -0.1) is 0 Å². The molecule has 0 spiro atoms. The van der Waals surface area contributed by atoms with Crippen LogP contribution in [0, 0.1) is 0 Å². The van der Waals surface area contributed by atoms with E-state index in [0.717, 1.165) is 11.3 Å². The van der Waals surface area contributed by atoms with Crippen LogP contribution in [0.5, 0.6) is 0 Å². The van der Waals surface area contributed by atoms with Gasteiger partial charge in [-0.3, -0.25) is 0 Å².